The van der Waals surface area contributed by atoms with Crippen molar-refractivity contribution in [2.75, 3.05) is 39.4 Å². The molecule has 0 saturated carbocycles. The average molecular weight is 400 g/mol. The Balaban J connectivity index is 0. The first-order valence-corrected chi connectivity index (χ1v) is 7.58. The zero-order chi connectivity index (χ0) is 15.7. The number of thiol groups is 2. The Bertz CT molecular complexity index is 297. The van der Waals surface area contributed by atoms with Crippen LogP contribution < -0.4 is 51.4 Å². The van der Waals surface area contributed by atoms with Crippen LogP contribution in [0.5, 0.6) is 0 Å². The van der Waals surface area contributed by atoms with Crippen molar-refractivity contribution in [3.8, 4) is 0 Å². The van der Waals surface area contributed by atoms with Crippen molar-refractivity contribution >= 4 is 58.3 Å². The van der Waals surface area contributed by atoms with Crippen molar-refractivity contribution in [3.63, 3.8) is 0 Å². The van der Waals surface area contributed by atoms with Crippen LogP contribution in [0.25, 0.3) is 0 Å². The molecule has 0 aliphatic rings. The van der Waals surface area contributed by atoms with E-state index < -0.39 is 12.2 Å². The molecule has 0 heterocycles. The second-order valence-electron chi connectivity index (χ2n) is 4.04. The maximum atomic E-state index is 9.94. The van der Waals surface area contributed by atoms with Crippen molar-refractivity contribution in [2.45, 2.75) is 12.2 Å². The van der Waals surface area contributed by atoms with Gasteiger partial charge in [0.25, 0.3) is 0 Å². The van der Waals surface area contributed by atoms with Gasteiger partial charge in [-0.05, 0) is 0 Å². The van der Waals surface area contributed by atoms with Crippen LogP contribution in [0.1, 0.15) is 0 Å². The van der Waals surface area contributed by atoms with Gasteiger partial charge in [-0.25, -0.2) is 0 Å². The van der Waals surface area contributed by atoms with Crippen molar-refractivity contribution < 1.29 is 71.8 Å². The van der Waals surface area contributed by atoms with Gasteiger partial charge in [0, 0.05) is 26.2 Å². The number of nitrogens with zero attached hydrogens (tertiary/aromatic N) is 2. The van der Waals surface area contributed by atoms with Crippen LogP contribution in [0.2, 0.25) is 0 Å². The van der Waals surface area contributed by atoms with E-state index in [-0.39, 0.29) is 99.4 Å². The standard InChI is InChI=1S/C10H20N2O4S4.K/c13-3-1-11(9(17)18)5-7(15)8(16)6-12(2-4-14)10(19)20;/h7-8,13-16H,1-6H2,(H,17,18)(H,19,20);/q;+1. The molecule has 0 saturated heterocycles. The van der Waals surface area contributed by atoms with E-state index in [0.29, 0.717) is 0 Å². The summed E-state index contributed by atoms with van der Waals surface area (Å²) in [6.07, 6.45) is -2.20. The van der Waals surface area contributed by atoms with E-state index in [4.69, 9.17) is 34.6 Å². The summed E-state index contributed by atoms with van der Waals surface area (Å²) < 4.78 is 0.449. The SMILES string of the molecule is OCCN(CC(O)C(O)CN(CCO)C(=S)S)C(=S)S.[K+]. The predicted molar refractivity (Wildman–Crippen MR) is 92.5 cm³/mol. The molecule has 0 bridgehead atoms. The van der Waals surface area contributed by atoms with Gasteiger partial charge in [-0.15, -0.1) is 25.3 Å². The van der Waals surface area contributed by atoms with E-state index in [9.17, 15) is 10.2 Å². The molecule has 2 unspecified atom stereocenters. The average Bonchev–Trinajstić information content (AvgIpc) is 2.36. The van der Waals surface area contributed by atoms with Gasteiger partial charge in [0.1, 0.15) is 8.64 Å². The van der Waals surface area contributed by atoms with Crippen LogP contribution >= 0.6 is 49.7 Å². The fourth-order valence-electron chi connectivity index (χ4n) is 1.47. The van der Waals surface area contributed by atoms with Crippen molar-refractivity contribution in [2.24, 2.45) is 0 Å². The first-order chi connectivity index (χ1) is 9.33. The molecular formula is C10H20KN2O4S4+. The quantitative estimate of drug-likeness (QED) is 0.132. The van der Waals surface area contributed by atoms with E-state index in [1.807, 2.05) is 0 Å². The van der Waals surface area contributed by atoms with Gasteiger partial charge in [0.05, 0.1) is 25.4 Å². The smallest absolute Gasteiger partial charge is 0.395 e. The Kier molecular flexibility index (Phi) is 17.2. The minimum absolute atomic E-state index is 0. The molecule has 0 aromatic rings. The summed E-state index contributed by atoms with van der Waals surface area (Å²) in [4.78, 5) is 2.95. The Labute approximate surface area is 189 Å². The van der Waals surface area contributed by atoms with E-state index in [0.717, 1.165) is 0 Å². The summed E-state index contributed by atoms with van der Waals surface area (Å²) in [6, 6.07) is 0. The fraction of sp³-hybridized carbons (Fsp3) is 0.800. The molecule has 0 amide bonds. The minimum Gasteiger partial charge on any atom is -0.395 e. The first-order valence-electron chi connectivity index (χ1n) is 5.87. The van der Waals surface area contributed by atoms with E-state index >= 15 is 0 Å². The van der Waals surface area contributed by atoms with E-state index in [1.54, 1.807) is 0 Å². The van der Waals surface area contributed by atoms with Crippen LogP contribution in [-0.2, 0) is 0 Å². The Morgan fingerprint density at radius 3 is 1.33 bits per heavy atom. The molecule has 0 radical (unpaired) electrons. The van der Waals surface area contributed by atoms with Gasteiger partial charge in [0.15, 0.2) is 0 Å². The molecule has 0 aliphatic carbocycles. The molecule has 0 rings (SSSR count). The maximum Gasteiger partial charge on any atom is 1.00 e. The summed E-state index contributed by atoms with van der Waals surface area (Å²) >= 11 is 17.7. The molecule has 21 heavy (non-hydrogen) atoms. The van der Waals surface area contributed by atoms with Crippen LogP contribution in [0.15, 0.2) is 0 Å². The molecule has 0 aromatic heterocycles. The number of hydrogen-bond donors (Lipinski definition) is 6. The van der Waals surface area contributed by atoms with E-state index in [1.165, 1.54) is 9.80 Å². The molecule has 0 fully saturated rings. The minimum atomic E-state index is -1.10. The zero-order valence-corrected chi connectivity index (χ0v) is 18.3. The predicted octanol–water partition coefficient (Wildman–Crippen LogP) is -4.27. The maximum absolute atomic E-state index is 9.94. The van der Waals surface area contributed by atoms with Crippen LogP contribution in [-0.4, -0.2) is 90.5 Å². The third-order valence-electron chi connectivity index (χ3n) is 2.54. The normalized spacial score (nSPS) is 13.0. The van der Waals surface area contributed by atoms with Crippen molar-refractivity contribution in [3.05, 3.63) is 0 Å². The zero-order valence-electron chi connectivity index (χ0n) is 11.8. The number of aliphatic hydroxyl groups excluding tert-OH is 4. The molecule has 6 nitrogen and oxygen atoms in total. The Hall–Kier alpha value is 1.96. The summed E-state index contributed by atoms with van der Waals surface area (Å²) in [5.41, 5.74) is 0. The molecule has 0 aliphatic heterocycles. The van der Waals surface area contributed by atoms with Crippen LogP contribution in [0.4, 0.5) is 0 Å². The van der Waals surface area contributed by atoms with Crippen LogP contribution in [0, 0.1) is 0 Å². The Morgan fingerprint density at radius 1 is 0.857 bits per heavy atom. The summed E-state index contributed by atoms with van der Waals surface area (Å²) in [5, 5.41) is 37.6. The summed E-state index contributed by atoms with van der Waals surface area (Å²) in [5.74, 6) is 0. The third-order valence-corrected chi connectivity index (χ3v) is 3.62. The van der Waals surface area contributed by atoms with Gasteiger partial charge in [0.2, 0.25) is 0 Å². The third kappa shape index (κ3) is 11.2. The molecule has 2 atom stereocenters. The number of rotatable bonds is 9. The molecule has 118 valence electrons. The molecule has 0 aromatic carbocycles. The number of hydrogen-bond acceptors (Lipinski definition) is 6. The van der Waals surface area contributed by atoms with Gasteiger partial charge in [-0.1, -0.05) is 24.4 Å². The van der Waals surface area contributed by atoms with Gasteiger partial charge in [-0.2, -0.15) is 0 Å². The van der Waals surface area contributed by atoms with Gasteiger partial charge in [-0.3, -0.25) is 0 Å². The molecular weight excluding hydrogens is 379 g/mol. The second-order valence-corrected chi connectivity index (χ2v) is 6.26. The number of aliphatic hydroxyl groups is 4. The summed E-state index contributed by atoms with van der Waals surface area (Å²) in [7, 11) is 0. The second kappa shape index (κ2) is 14.3. The monoisotopic (exact) mass is 399 g/mol. The van der Waals surface area contributed by atoms with E-state index in [2.05, 4.69) is 25.3 Å². The molecule has 11 heteroatoms. The Morgan fingerprint density at radius 2 is 1.14 bits per heavy atom. The topological polar surface area (TPSA) is 87.4 Å². The molecule has 4 N–H and O–H groups in total. The first kappa shape index (κ1) is 25.2. The number of thiocarbonyl (C=S) groups is 2. The summed E-state index contributed by atoms with van der Waals surface area (Å²) in [6.45, 7) is 0.239. The van der Waals surface area contributed by atoms with Crippen molar-refractivity contribution in [1.82, 2.24) is 9.80 Å². The van der Waals surface area contributed by atoms with Gasteiger partial charge < -0.3 is 30.2 Å². The van der Waals surface area contributed by atoms with Gasteiger partial charge >= 0.3 is 51.4 Å². The van der Waals surface area contributed by atoms with Crippen molar-refractivity contribution in [1.29, 1.82) is 0 Å². The fourth-order valence-corrected chi connectivity index (χ4v) is 2.16. The largest absolute Gasteiger partial charge is 1.00 e. The molecule has 0 spiro atoms. The van der Waals surface area contributed by atoms with Crippen LogP contribution in [0.3, 0.4) is 0 Å².